The van der Waals surface area contributed by atoms with E-state index in [9.17, 15) is 9.59 Å². The van der Waals surface area contributed by atoms with E-state index in [1.165, 1.54) is 6.07 Å². The molecule has 0 aromatic carbocycles. The minimum absolute atomic E-state index is 0.0953. The molecule has 0 atom stereocenters. The van der Waals surface area contributed by atoms with Gasteiger partial charge in [-0.25, -0.2) is 9.59 Å². The highest BCUT2D eigenvalue weighted by atomic mass is 16.4. The number of amides is 2. The number of hydrogen-bond donors (Lipinski definition) is 2. The molecule has 0 aliphatic rings. The van der Waals surface area contributed by atoms with E-state index in [0.29, 0.717) is 11.5 Å². The first-order valence-electron chi connectivity index (χ1n) is 5.66. The molecule has 0 saturated heterocycles. The van der Waals surface area contributed by atoms with Crippen LogP contribution >= 0.6 is 0 Å². The van der Waals surface area contributed by atoms with Gasteiger partial charge in [0.2, 0.25) is 0 Å². The lowest BCUT2D eigenvalue weighted by Gasteiger charge is -2.21. The number of carboxylic acids is 1. The molecule has 0 spiro atoms. The first-order valence-corrected chi connectivity index (χ1v) is 5.66. The standard InChI is InChI=1S/C12H18N2O4/c1-7(2)14(4)12(17)13-6-9-5-10(11(15)16)8(3)18-9/h5,7H,6H2,1-4H3,(H,13,17)(H,15,16). The van der Waals surface area contributed by atoms with Gasteiger partial charge in [0.15, 0.2) is 0 Å². The van der Waals surface area contributed by atoms with E-state index in [1.54, 1.807) is 18.9 Å². The molecule has 1 rings (SSSR count). The van der Waals surface area contributed by atoms with Gasteiger partial charge in [-0.1, -0.05) is 0 Å². The maximum absolute atomic E-state index is 11.6. The minimum atomic E-state index is -1.03. The van der Waals surface area contributed by atoms with Gasteiger partial charge in [-0.2, -0.15) is 0 Å². The molecular formula is C12H18N2O4. The van der Waals surface area contributed by atoms with Crippen molar-refractivity contribution in [3.8, 4) is 0 Å². The first kappa shape index (κ1) is 14.1. The van der Waals surface area contributed by atoms with E-state index in [4.69, 9.17) is 9.52 Å². The van der Waals surface area contributed by atoms with Crippen molar-refractivity contribution in [3.05, 3.63) is 23.2 Å². The molecule has 0 aliphatic heterocycles. The second kappa shape index (κ2) is 5.57. The van der Waals surface area contributed by atoms with Crippen LogP contribution in [0.3, 0.4) is 0 Å². The Morgan fingerprint density at radius 2 is 2.11 bits per heavy atom. The molecule has 100 valence electrons. The van der Waals surface area contributed by atoms with Crippen molar-refractivity contribution < 1.29 is 19.1 Å². The average molecular weight is 254 g/mol. The summed E-state index contributed by atoms with van der Waals surface area (Å²) in [5, 5.41) is 11.5. The SMILES string of the molecule is Cc1oc(CNC(=O)N(C)C(C)C)cc1C(=O)O. The molecular weight excluding hydrogens is 236 g/mol. The highest BCUT2D eigenvalue weighted by Gasteiger charge is 2.15. The molecule has 18 heavy (non-hydrogen) atoms. The van der Waals surface area contributed by atoms with Gasteiger partial charge in [0.1, 0.15) is 17.1 Å². The molecule has 0 unspecified atom stereocenters. The Hall–Kier alpha value is -1.98. The van der Waals surface area contributed by atoms with Crippen molar-refractivity contribution in [1.82, 2.24) is 10.2 Å². The number of nitrogens with zero attached hydrogens (tertiary/aromatic N) is 1. The van der Waals surface area contributed by atoms with Crippen LogP contribution in [0.1, 0.15) is 35.7 Å². The van der Waals surface area contributed by atoms with Crippen molar-refractivity contribution >= 4 is 12.0 Å². The minimum Gasteiger partial charge on any atom is -0.478 e. The van der Waals surface area contributed by atoms with Gasteiger partial charge in [0, 0.05) is 13.1 Å². The Kier molecular flexibility index (Phi) is 4.36. The van der Waals surface area contributed by atoms with Crippen LogP contribution in [0.2, 0.25) is 0 Å². The van der Waals surface area contributed by atoms with Crippen LogP contribution in [0.5, 0.6) is 0 Å². The molecule has 0 bridgehead atoms. The number of furan rings is 1. The Bertz CT molecular complexity index is 451. The average Bonchev–Trinajstić information content (AvgIpc) is 2.66. The summed E-state index contributed by atoms with van der Waals surface area (Å²) in [5.74, 6) is -0.271. The van der Waals surface area contributed by atoms with Gasteiger partial charge in [0.25, 0.3) is 0 Å². The van der Waals surface area contributed by atoms with E-state index in [-0.39, 0.29) is 24.2 Å². The first-order chi connectivity index (χ1) is 8.32. The van der Waals surface area contributed by atoms with Gasteiger partial charge in [-0.15, -0.1) is 0 Å². The van der Waals surface area contributed by atoms with E-state index in [0.717, 1.165) is 0 Å². The third-order valence-corrected chi connectivity index (χ3v) is 2.71. The highest BCUT2D eigenvalue weighted by molar-refractivity contribution is 5.88. The molecule has 0 radical (unpaired) electrons. The molecule has 6 heteroatoms. The van der Waals surface area contributed by atoms with E-state index in [1.807, 2.05) is 13.8 Å². The summed E-state index contributed by atoms with van der Waals surface area (Å²) in [7, 11) is 1.69. The Morgan fingerprint density at radius 3 is 2.56 bits per heavy atom. The van der Waals surface area contributed by atoms with Gasteiger partial charge in [-0.3, -0.25) is 0 Å². The monoisotopic (exact) mass is 254 g/mol. The fourth-order valence-corrected chi connectivity index (χ4v) is 1.37. The lowest BCUT2D eigenvalue weighted by atomic mass is 10.2. The van der Waals surface area contributed by atoms with Gasteiger partial charge >= 0.3 is 12.0 Å². The van der Waals surface area contributed by atoms with E-state index < -0.39 is 5.97 Å². The van der Waals surface area contributed by atoms with Crippen LogP contribution in [-0.4, -0.2) is 35.1 Å². The molecule has 1 aromatic rings. The Morgan fingerprint density at radius 1 is 1.50 bits per heavy atom. The van der Waals surface area contributed by atoms with Crippen molar-refractivity contribution in [2.75, 3.05) is 7.05 Å². The van der Waals surface area contributed by atoms with Crippen LogP contribution < -0.4 is 5.32 Å². The third kappa shape index (κ3) is 3.26. The number of urea groups is 1. The summed E-state index contributed by atoms with van der Waals surface area (Å²) in [4.78, 5) is 24.0. The molecule has 0 fully saturated rings. The maximum Gasteiger partial charge on any atom is 0.339 e. The molecule has 2 N–H and O–H groups in total. The van der Waals surface area contributed by atoms with Crippen molar-refractivity contribution in [3.63, 3.8) is 0 Å². The number of aromatic carboxylic acids is 1. The molecule has 6 nitrogen and oxygen atoms in total. The smallest absolute Gasteiger partial charge is 0.339 e. The van der Waals surface area contributed by atoms with Crippen LogP contribution in [0.4, 0.5) is 4.79 Å². The number of rotatable bonds is 4. The number of carbonyl (C=O) groups is 2. The number of carbonyl (C=O) groups excluding carboxylic acids is 1. The van der Waals surface area contributed by atoms with Crippen molar-refractivity contribution in [2.45, 2.75) is 33.4 Å². The second-order valence-corrected chi connectivity index (χ2v) is 4.35. The summed E-state index contributed by atoms with van der Waals surface area (Å²) in [6.07, 6.45) is 0. The van der Waals surface area contributed by atoms with Crippen LogP contribution in [0, 0.1) is 6.92 Å². The third-order valence-electron chi connectivity index (χ3n) is 2.71. The van der Waals surface area contributed by atoms with Crippen LogP contribution in [0.25, 0.3) is 0 Å². The maximum atomic E-state index is 11.6. The van der Waals surface area contributed by atoms with E-state index in [2.05, 4.69) is 5.32 Å². The molecule has 0 aliphatic carbocycles. The summed E-state index contributed by atoms with van der Waals surface area (Å²) < 4.78 is 5.25. The van der Waals surface area contributed by atoms with Gasteiger partial charge in [-0.05, 0) is 26.8 Å². The van der Waals surface area contributed by atoms with Crippen molar-refractivity contribution in [1.29, 1.82) is 0 Å². The lowest BCUT2D eigenvalue weighted by Crippen LogP contribution is -2.40. The van der Waals surface area contributed by atoms with E-state index >= 15 is 0 Å². The number of hydrogen-bond acceptors (Lipinski definition) is 3. The lowest BCUT2D eigenvalue weighted by molar-refractivity contribution is 0.0695. The number of nitrogens with one attached hydrogen (secondary N) is 1. The fourth-order valence-electron chi connectivity index (χ4n) is 1.37. The summed E-state index contributed by atoms with van der Waals surface area (Å²) in [5.41, 5.74) is 0.122. The van der Waals surface area contributed by atoms with Crippen LogP contribution in [0.15, 0.2) is 10.5 Å². The highest BCUT2D eigenvalue weighted by Crippen LogP contribution is 2.14. The molecule has 1 heterocycles. The summed E-state index contributed by atoms with van der Waals surface area (Å²) >= 11 is 0. The number of carboxylic acid groups (broad SMARTS) is 1. The predicted molar refractivity (Wildman–Crippen MR) is 65.5 cm³/mol. The molecule has 1 aromatic heterocycles. The largest absolute Gasteiger partial charge is 0.478 e. The number of aryl methyl sites for hydroxylation is 1. The molecule has 2 amide bonds. The zero-order chi connectivity index (χ0) is 13.9. The molecule has 0 saturated carbocycles. The predicted octanol–water partition coefficient (Wildman–Crippen LogP) is 1.84. The zero-order valence-corrected chi connectivity index (χ0v) is 11.0. The fraction of sp³-hybridized carbons (Fsp3) is 0.500. The summed E-state index contributed by atoms with van der Waals surface area (Å²) in [6, 6.07) is 1.29. The quantitative estimate of drug-likeness (QED) is 0.858. The Labute approximate surface area is 106 Å². The second-order valence-electron chi connectivity index (χ2n) is 4.35. The normalized spacial score (nSPS) is 10.5. The zero-order valence-electron chi connectivity index (χ0n) is 11.0. The van der Waals surface area contributed by atoms with Crippen molar-refractivity contribution in [2.24, 2.45) is 0 Å². The van der Waals surface area contributed by atoms with Gasteiger partial charge < -0.3 is 19.7 Å². The topological polar surface area (TPSA) is 82.8 Å². The Balaban J connectivity index is 2.62. The van der Waals surface area contributed by atoms with Gasteiger partial charge in [0.05, 0.1) is 6.54 Å². The van der Waals surface area contributed by atoms with Crippen LogP contribution in [-0.2, 0) is 6.54 Å². The summed E-state index contributed by atoms with van der Waals surface area (Å²) in [6.45, 7) is 5.55.